The molecule has 5 rings (SSSR count). The topological polar surface area (TPSA) is 57.8 Å². The first-order chi connectivity index (χ1) is 9.64. The number of nitrogens with one attached hydrogen (secondary N) is 2. The molecule has 1 aromatic heterocycles. The summed E-state index contributed by atoms with van der Waals surface area (Å²) in [6.07, 6.45) is 9.93. The number of aromatic nitrogens is 2. The van der Waals surface area contributed by atoms with Gasteiger partial charge in [0.2, 0.25) is 0 Å². The van der Waals surface area contributed by atoms with E-state index >= 15 is 0 Å². The number of carbonyl (C=O) groups excluding carboxylic acids is 1. The van der Waals surface area contributed by atoms with Crippen molar-refractivity contribution in [3.63, 3.8) is 0 Å². The minimum Gasteiger partial charge on any atom is -0.348 e. The highest BCUT2D eigenvalue weighted by molar-refractivity contribution is 5.92. The van der Waals surface area contributed by atoms with Gasteiger partial charge in [-0.15, -0.1) is 0 Å². The van der Waals surface area contributed by atoms with Crippen molar-refractivity contribution in [1.29, 1.82) is 0 Å². The maximum Gasteiger partial charge on any atom is 0.269 e. The van der Waals surface area contributed by atoms with E-state index in [0.29, 0.717) is 11.1 Å². The second kappa shape index (κ2) is 4.34. The molecule has 0 saturated heterocycles. The van der Waals surface area contributed by atoms with Crippen molar-refractivity contribution in [3.05, 3.63) is 18.0 Å². The van der Waals surface area contributed by atoms with Crippen molar-refractivity contribution >= 4 is 5.91 Å². The van der Waals surface area contributed by atoms with Gasteiger partial charge < -0.3 is 5.32 Å². The van der Waals surface area contributed by atoms with Crippen LogP contribution in [0.1, 0.15) is 55.9 Å². The molecule has 0 aromatic carbocycles. The van der Waals surface area contributed by atoms with E-state index in [1.165, 1.54) is 38.5 Å². The Morgan fingerprint density at radius 3 is 2.40 bits per heavy atom. The van der Waals surface area contributed by atoms with Gasteiger partial charge in [0, 0.05) is 12.2 Å². The molecule has 4 nitrogen and oxygen atoms in total. The van der Waals surface area contributed by atoms with Gasteiger partial charge in [-0.05, 0) is 74.7 Å². The van der Waals surface area contributed by atoms with Crippen LogP contribution in [0.25, 0.3) is 0 Å². The average molecular weight is 273 g/mol. The zero-order valence-corrected chi connectivity index (χ0v) is 12.1. The maximum absolute atomic E-state index is 12.2. The predicted octanol–water partition coefficient (Wildman–Crippen LogP) is 2.74. The number of hydrogen-bond acceptors (Lipinski definition) is 2. The Labute approximate surface area is 119 Å². The lowest BCUT2D eigenvalue weighted by Gasteiger charge is -2.59. The molecule has 0 unspecified atom stereocenters. The third-order valence-corrected chi connectivity index (χ3v) is 6.10. The van der Waals surface area contributed by atoms with Gasteiger partial charge in [0.1, 0.15) is 5.69 Å². The molecule has 4 fully saturated rings. The Hall–Kier alpha value is -1.32. The van der Waals surface area contributed by atoms with Crippen molar-refractivity contribution in [1.82, 2.24) is 15.5 Å². The number of amides is 1. The van der Waals surface area contributed by atoms with Crippen LogP contribution in [0, 0.1) is 23.2 Å². The molecule has 1 atom stereocenters. The summed E-state index contributed by atoms with van der Waals surface area (Å²) >= 11 is 0. The van der Waals surface area contributed by atoms with Crippen molar-refractivity contribution in [2.45, 2.75) is 51.5 Å². The smallest absolute Gasteiger partial charge is 0.269 e. The number of nitrogens with zero attached hydrogens (tertiary/aromatic N) is 1. The predicted molar refractivity (Wildman–Crippen MR) is 76.1 cm³/mol. The third kappa shape index (κ3) is 1.88. The lowest BCUT2D eigenvalue weighted by Crippen LogP contribution is -2.55. The minimum absolute atomic E-state index is 0.00857. The molecule has 4 saturated carbocycles. The van der Waals surface area contributed by atoms with E-state index in [9.17, 15) is 4.79 Å². The maximum atomic E-state index is 12.2. The summed E-state index contributed by atoms with van der Waals surface area (Å²) in [6, 6.07) is 2.01. The number of carbonyl (C=O) groups is 1. The van der Waals surface area contributed by atoms with Gasteiger partial charge in [0.25, 0.3) is 5.91 Å². The Balaban J connectivity index is 1.51. The first kappa shape index (κ1) is 12.4. The van der Waals surface area contributed by atoms with E-state index in [1.54, 1.807) is 12.3 Å². The Kier molecular flexibility index (Phi) is 2.69. The van der Waals surface area contributed by atoms with Gasteiger partial charge >= 0.3 is 0 Å². The van der Waals surface area contributed by atoms with Gasteiger partial charge in [-0.2, -0.15) is 5.10 Å². The highest BCUT2D eigenvalue weighted by Gasteiger charge is 2.53. The van der Waals surface area contributed by atoms with E-state index < -0.39 is 0 Å². The zero-order valence-electron chi connectivity index (χ0n) is 12.1. The molecule has 2 N–H and O–H groups in total. The summed E-state index contributed by atoms with van der Waals surface area (Å²) in [6.45, 7) is 2.21. The first-order valence-electron chi connectivity index (χ1n) is 7.95. The fraction of sp³-hybridized carbons (Fsp3) is 0.750. The van der Waals surface area contributed by atoms with Crippen molar-refractivity contribution in [2.75, 3.05) is 0 Å². The van der Waals surface area contributed by atoms with Gasteiger partial charge in [0.05, 0.1) is 0 Å². The van der Waals surface area contributed by atoms with Gasteiger partial charge in [-0.25, -0.2) is 0 Å². The average Bonchev–Trinajstić information content (AvgIpc) is 2.90. The van der Waals surface area contributed by atoms with Crippen LogP contribution < -0.4 is 5.32 Å². The van der Waals surface area contributed by atoms with Crippen LogP contribution in [-0.2, 0) is 0 Å². The summed E-state index contributed by atoms with van der Waals surface area (Å²) in [4.78, 5) is 12.2. The third-order valence-electron chi connectivity index (χ3n) is 6.10. The standard InChI is InChI=1S/C16H23N3O/c1-10(18-15(20)14-2-3-17-19-14)16-7-11-4-12(8-16)6-13(5-11)9-16/h2-3,10-13H,4-9H2,1H3,(H,17,19)(H,18,20)/t10-,11?,12?,13?,16?/m0/s1. The molecule has 20 heavy (non-hydrogen) atoms. The molecular formula is C16H23N3O. The Bertz CT molecular complexity index is 473. The molecule has 4 aliphatic rings. The number of aromatic amines is 1. The molecule has 1 amide bonds. The van der Waals surface area contributed by atoms with Gasteiger partial charge in [-0.3, -0.25) is 9.89 Å². The van der Waals surface area contributed by atoms with Crippen LogP contribution in [-0.4, -0.2) is 22.1 Å². The van der Waals surface area contributed by atoms with Crippen LogP contribution >= 0.6 is 0 Å². The van der Waals surface area contributed by atoms with Gasteiger partial charge in [0.15, 0.2) is 0 Å². The number of H-pyrrole nitrogens is 1. The van der Waals surface area contributed by atoms with Crippen molar-refractivity contribution in [3.8, 4) is 0 Å². The summed E-state index contributed by atoms with van der Waals surface area (Å²) in [5, 5.41) is 9.84. The molecule has 0 radical (unpaired) electrons. The highest BCUT2D eigenvalue weighted by Crippen LogP contribution is 2.61. The zero-order chi connectivity index (χ0) is 13.7. The molecule has 4 aliphatic carbocycles. The van der Waals surface area contributed by atoms with E-state index in [2.05, 4.69) is 22.4 Å². The quantitative estimate of drug-likeness (QED) is 0.889. The molecule has 1 heterocycles. The molecule has 4 bridgehead atoms. The lowest BCUT2D eigenvalue weighted by molar-refractivity contribution is -0.0688. The SMILES string of the molecule is C[C@H](NC(=O)c1ccn[nH]1)C12CC3CC(CC(C3)C1)C2. The van der Waals surface area contributed by atoms with Crippen LogP contribution in [0.5, 0.6) is 0 Å². The molecule has 0 spiro atoms. The fourth-order valence-electron chi connectivity index (χ4n) is 5.52. The van der Waals surface area contributed by atoms with Crippen LogP contribution in [0.2, 0.25) is 0 Å². The molecule has 1 aromatic rings. The lowest BCUT2D eigenvalue weighted by atomic mass is 9.48. The van der Waals surface area contributed by atoms with E-state index in [4.69, 9.17) is 0 Å². The van der Waals surface area contributed by atoms with E-state index in [1.807, 2.05) is 0 Å². The molecule has 0 aliphatic heterocycles. The van der Waals surface area contributed by atoms with Crippen molar-refractivity contribution < 1.29 is 4.79 Å². The second-order valence-electron chi connectivity index (χ2n) is 7.45. The summed E-state index contributed by atoms with van der Waals surface area (Å²) in [7, 11) is 0. The Morgan fingerprint density at radius 1 is 1.30 bits per heavy atom. The summed E-state index contributed by atoms with van der Waals surface area (Å²) in [5.74, 6) is 2.76. The van der Waals surface area contributed by atoms with E-state index in [-0.39, 0.29) is 11.9 Å². The monoisotopic (exact) mass is 273 g/mol. The Morgan fingerprint density at radius 2 is 1.90 bits per heavy atom. The van der Waals surface area contributed by atoms with Crippen LogP contribution in [0.3, 0.4) is 0 Å². The molecule has 4 heteroatoms. The first-order valence-corrected chi connectivity index (χ1v) is 7.95. The minimum atomic E-state index is -0.00857. The largest absolute Gasteiger partial charge is 0.348 e. The number of rotatable bonds is 3. The summed E-state index contributed by atoms with van der Waals surface area (Å²) < 4.78 is 0. The molecule has 108 valence electrons. The summed E-state index contributed by atoms with van der Waals surface area (Å²) in [5.41, 5.74) is 0.936. The normalized spacial score (nSPS) is 39.8. The molecular weight excluding hydrogens is 250 g/mol. The van der Waals surface area contributed by atoms with Crippen LogP contribution in [0.4, 0.5) is 0 Å². The van der Waals surface area contributed by atoms with Gasteiger partial charge in [-0.1, -0.05) is 0 Å². The number of hydrogen-bond donors (Lipinski definition) is 2. The van der Waals surface area contributed by atoms with E-state index in [0.717, 1.165) is 17.8 Å². The van der Waals surface area contributed by atoms with Crippen LogP contribution in [0.15, 0.2) is 12.3 Å². The fourth-order valence-corrected chi connectivity index (χ4v) is 5.52. The second-order valence-corrected chi connectivity index (χ2v) is 7.45. The van der Waals surface area contributed by atoms with Crippen molar-refractivity contribution in [2.24, 2.45) is 23.2 Å². The highest BCUT2D eigenvalue weighted by atomic mass is 16.2.